The van der Waals surface area contributed by atoms with Crippen LogP contribution >= 0.6 is 0 Å². The second-order valence-corrected chi connectivity index (χ2v) is 3.47. The Hall–Kier alpha value is -2.44. The van der Waals surface area contributed by atoms with Crippen molar-refractivity contribution in [3.05, 3.63) is 18.9 Å². The Morgan fingerprint density at radius 1 is 1.31 bits per heavy atom. The Labute approximate surface area is 90.4 Å². The number of fused-ring (bicyclic) bond motifs is 1. The normalized spacial score (nSPS) is 11.1. The molecule has 3 N–H and O–H groups in total. The fourth-order valence-electron chi connectivity index (χ4n) is 1.50. The minimum Gasteiger partial charge on any atom is -0.382 e. The molecule has 7 nitrogen and oxygen atoms in total. The molecule has 0 aromatic carbocycles. The van der Waals surface area contributed by atoms with Gasteiger partial charge in [0.15, 0.2) is 17.3 Å². The van der Waals surface area contributed by atoms with E-state index in [-0.39, 0.29) is 0 Å². The van der Waals surface area contributed by atoms with E-state index in [0.717, 1.165) is 5.69 Å². The van der Waals surface area contributed by atoms with Gasteiger partial charge in [0.2, 0.25) is 0 Å². The molecular weight excluding hydrogens is 206 g/mol. The highest BCUT2D eigenvalue weighted by Gasteiger charge is 2.10. The van der Waals surface area contributed by atoms with Crippen LogP contribution in [0.15, 0.2) is 18.9 Å². The summed E-state index contributed by atoms with van der Waals surface area (Å²) in [6.45, 7) is 0. The number of H-pyrrole nitrogens is 1. The molecule has 0 aliphatic rings. The summed E-state index contributed by atoms with van der Waals surface area (Å²) in [6.07, 6.45) is 4.96. The smallest absolute Gasteiger partial charge is 0.183 e. The lowest BCUT2D eigenvalue weighted by atomic mass is 10.4. The number of nitrogens with two attached hydrogens (primary N) is 1. The zero-order valence-electron chi connectivity index (χ0n) is 8.55. The molecule has 3 rings (SSSR count). The number of aromatic amines is 1. The van der Waals surface area contributed by atoms with Gasteiger partial charge in [-0.25, -0.2) is 19.9 Å². The van der Waals surface area contributed by atoms with E-state index in [1.807, 2.05) is 17.8 Å². The van der Waals surface area contributed by atoms with Crippen LogP contribution in [0.1, 0.15) is 0 Å². The Morgan fingerprint density at radius 3 is 2.88 bits per heavy atom. The van der Waals surface area contributed by atoms with E-state index in [1.54, 1.807) is 6.33 Å². The summed E-state index contributed by atoms with van der Waals surface area (Å²) in [7, 11) is 1.90. The van der Waals surface area contributed by atoms with Gasteiger partial charge >= 0.3 is 0 Å². The predicted molar refractivity (Wildman–Crippen MR) is 58.3 cm³/mol. The molecule has 0 saturated heterocycles. The topological polar surface area (TPSA) is 98.3 Å². The van der Waals surface area contributed by atoms with Crippen molar-refractivity contribution < 1.29 is 0 Å². The fourth-order valence-corrected chi connectivity index (χ4v) is 1.50. The van der Waals surface area contributed by atoms with Crippen molar-refractivity contribution in [2.24, 2.45) is 7.05 Å². The van der Waals surface area contributed by atoms with Crippen molar-refractivity contribution in [1.82, 2.24) is 29.5 Å². The SMILES string of the molecule is Cn1cnc(-c2nc3ncnc(N)c3[nH]2)c1. The second-order valence-electron chi connectivity index (χ2n) is 3.47. The molecule has 0 amide bonds. The number of aryl methyl sites for hydroxylation is 1. The van der Waals surface area contributed by atoms with E-state index >= 15 is 0 Å². The molecule has 3 aromatic heterocycles. The quantitative estimate of drug-likeness (QED) is 0.609. The number of imidazole rings is 2. The standard InChI is InChI=1S/C9H9N7/c1-16-2-5(13-4-16)8-14-6-7(10)11-3-12-9(6)15-8/h2-4H,1H3,(H3,10,11,12,14,15). The van der Waals surface area contributed by atoms with Crippen LogP contribution in [-0.4, -0.2) is 29.5 Å². The van der Waals surface area contributed by atoms with Gasteiger partial charge in [-0.15, -0.1) is 0 Å². The van der Waals surface area contributed by atoms with Crippen LogP contribution in [0.2, 0.25) is 0 Å². The Balaban J connectivity index is 2.22. The molecular formula is C9H9N7. The number of nitrogens with one attached hydrogen (secondary N) is 1. The number of anilines is 1. The van der Waals surface area contributed by atoms with Crippen molar-refractivity contribution >= 4 is 17.0 Å². The van der Waals surface area contributed by atoms with Crippen molar-refractivity contribution in [2.75, 3.05) is 5.73 Å². The van der Waals surface area contributed by atoms with Crippen LogP contribution in [0.25, 0.3) is 22.7 Å². The minimum absolute atomic E-state index is 0.389. The summed E-state index contributed by atoms with van der Waals surface area (Å²) in [5.74, 6) is 1.03. The number of nitrogen functional groups attached to an aromatic ring is 1. The Morgan fingerprint density at radius 2 is 2.19 bits per heavy atom. The van der Waals surface area contributed by atoms with E-state index in [2.05, 4.69) is 24.9 Å². The highest BCUT2D eigenvalue weighted by molar-refractivity contribution is 5.83. The largest absolute Gasteiger partial charge is 0.382 e. The number of aromatic nitrogens is 6. The first-order chi connectivity index (χ1) is 7.74. The van der Waals surface area contributed by atoms with Crippen molar-refractivity contribution in [1.29, 1.82) is 0 Å². The zero-order chi connectivity index (χ0) is 11.1. The second kappa shape index (κ2) is 3.02. The van der Waals surface area contributed by atoms with E-state index in [4.69, 9.17) is 5.73 Å². The van der Waals surface area contributed by atoms with Crippen LogP contribution in [0, 0.1) is 0 Å². The molecule has 0 spiro atoms. The van der Waals surface area contributed by atoms with Gasteiger partial charge in [-0.1, -0.05) is 0 Å². The van der Waals surface area contributed by atoms with Gasteiger partial charge in [0.05, 0.1) is 6.33 Å². The molecule has 0 fully saturated rings. The lowest BCUT2D eigenvalue weighted by molar-refractivity contribution is 0.913. The summed E-state index contributed by atoms with van der Waals surface area (Å²) in [6, 6.07) is 0. The number of rotatable bonds is 1. The summed E-state index contributed by atoms with van der Waals surface area (Å²) >= 11 is 0. The zero-order valence-corrected chi connectivity index (χ0v) is 8.55. The first-order valence-corrected chi connectivity index (χ1v) is 4.68. The van der Waals surface area contributed by atoms with Crippen molar-refractivity contribution in [2.45, 2.75) is 0 Å². The maximum Gasteiger partial charge on any atom is 0.183 e. The Bertz CT molecular complexity index is 651. The summed E-state index contributed by atoms with van der Waals surface area (Å²) in [5.41, 5.74) is 7.65. The molecule has 3 heterocycles. The maximum absolute atomic E-state index is 5.70. The third-order valence-corrected chi connectivity index (χ3v) is 2.27. The lowest BCUT2D eigenvalue weighted by Gasteiger charge is -1.90. The third-order valence-electron chi connectivity index (χ3n) is 2.27. The van der Waals surface area contributed by atoms with Crippen molar-refractivity contribution in [3.63, 3.8) is 0 Å². The van der Waals surface area contributed by atoms with E-state index < -0.39 is 0 Å². The molecule has 0 atom stereocenters. The molecule has 0 aliphatic heterocycles. The summed E-state index contributed by atoms with van der Waals surface area (Å²) < 4.78 is 1.84. The van der Waals surface area contributed by atoms with Crippen LogP contribution in [-0.2, 0) is 7.05 Å². The third kappa shape index (κ3) is 1.22. The lowest BCUT2D eigenvalue weighted by Crippen LogP contribution is -1.91. The van der Waals surface area contributed by atoms with Crippen LogP contribution in [0.5, 0.6) is 0 Å². The molecule has 0 unspecified atom stereocenters. The van der Waals surface area contributed by atoms with Gasteiger partial charge in [-0.05, 0) is 0 Å². The molecule has 0 aliphatic carbocycles. The average Bonchev–Trinajstić information content (AvgIpc) is 2.84. The molecule has 80 valence electrons. The molecule has 0 bridgehead atoms. The molecule has 7 heteroatoms. The van der Waals surface area contributed by atoms with E-state index in [1.165, 1.54) is 6.33 Å². The van der Waals surface area contributed by atoms with Crippen LogP contribution in [0.3, 0.4) is 0 Å². The van der Waals surface area contributed by atoms with Gasteiger partial charge in [-0.2, -0.15) is 0 Å². The highest BCUT2D eigenvalue weighted by atomic mass is 15.1. The first-order valence-electron chi connectivity index (χ1n) is 4.68. The van der Waals surface area contributed by atoms with E-state index in [0.29, 0.717) is 22.8 Å². The Kier molecular flexibility index (Phi) is 1.67. The van der Waals surface area contributed by atoms with E-state index in [9.17, 15) is 0 Å². The van der Waals surface area contributed by atoms with Crippen molar-refractivity contribution in [3.8, 4) is 11.5 Å². The molecule has 16 heavy (non-hydrogen) atoms. The van der Waals surface area contributed by atoms with Gasteiger partial charge < -0.3 is 15.3 Å². The molecule has 0 radical (unpaired) electrons. The first kappa shape index (κ1) is 8.84. The molecule has 0 saturated carbocycles. The van der Waals surface area contributed by atoms with Crippen LogP contribution in [0.4, 0.5) is 5.82 Å². The summed E-state index contributed by atoms with van der Waals surface area (Å²) in [4.78, 5) is 19.5. The van der Waals surface area contributed by atoms with Gasteiger partial charge in [0.1, 0.15) is 17.5 Å². The van der Waals surface area contributed by atoms with Gasteiger partial charge in [0, 0.05) is 13.2 Å². The monoisotopic (exact) mass is 215 g/mol. The fraction of sp³-hybridized carbons (Fsp3) is 0.111. The summed E-state index contributed by atoms with van der Waals surface area (Å²) in [5, 5.41) is 0. The molecule has 3 aromatic rings. The van der Waals surface area contributed by atoms with Crippen LogP contribution < -0.4 is 5.73 Å². The van der Waals surface area contributed by atoms with Gasteiger partial charge in [-0.3, -0.25) is 0 Å². The highest BCUT2D eigenvalue weighted by Crippen LogP contribution is 2.19. The minimum atomic E-state index is 0.389. The maximum atomic E-state index is 5.70. The number of hydrogen-bond acceptors (Lipinski definition) is 5. The predicted octanol–water partition coefficient (Wildman–Crippen LogP) is 0.336. The average molecular weight is 215 g/mol. The number of hydrogen-bond donors (Lipinski definition) is 2. The van der Waals surface area contributed by atoms with Gasteiger partial charge in [0.25, 0.3) is 0 Å². The number of nitrogens with zero attached hydrogens (tertiary/aromatic N) is 5.